The third-order valence-corrected chi connectivity index (χ3v) is 2.97. The second kappa shape index (κ2) is 7.40. The first kappa shape index (κ1) is 18.2. The number of amides is 1. The Morgan fingerprint density at radius 1 is 1.32 bits per heavy atom. The monoisotopic (exact) mass is 332 g/mol. The maximum absolute atomic E-state index is 13.9. The summed E-state index contributed by atoms with van der Waals surface area (Å²) in [6.45, 7) is 6.13. The number of halogens is 2. The highest BCUT2D eigenvalue weighted by Gasteiger charge is 2.16. The van der Waals surface area contributed by atoms with Gasteiger partial charge in [0.15, 0.2) is 5.82 Å². The molecule has 0 spiro atoms. The van der Waals surface area contributed by atoms with E-state index in [1.807, 2.05) is 0 Å². The summed E-state index contributed by atoms with van der Waals surface area (Å²) in [5.74, 6) is -0.681. The highest BCUT2D eigenvalue weighted by molar-refractivity contribution is 6.33. The molecule has 0 aliphatic carbocycles. The summed E-state index contributed by atoms with van der Waals surface area (Å²) in [7, 11) is 0. The molecule has 0 heterocycles. The summed E-state index contributed by atoms with van der Waals surface area (Å²) in [5, 5.41) is 5.28. The number of rotatable bonds is 5. The van der Waals surface area contributed by atoms with Crippen LogP contribution in [0.2, 0.25) is 5.02 Å². The molecule has 1 amide bonds. The molecule has 0 saturated carbocycles. The highest BCUT2D eigenvalue weighted by Crippen LogP contribution is 2.33. The molecule has 8 heteroatoms. The van der Waals surface area contributed by atoms with Gasteiger partial charge in [0.25, 0.3) is 0 Å². The minimum absolute atomic E-state index is 0.0915. The van der Waals surface area contributed by atoms with Gasteiger partial charge in [-0.25, -0.2) is 9.18 Å². The molecule has 0 bridgehead atoms. The fourth-order valence-corrected chi connectivity index (χ4v) is 1.80. The zero-order valence-corrected chi connectivity index (χ0v) is 13.7. The fourth-order valence-electron chi connectivity index (χ4n) is 1.65. The number of anilines is 3. The second-order valence-electron chi connectivity index (χ2n) is 5.77. The van der Waals surface area contributed by atoms with Gasteiger partial charge < -0.3 is 26.8 Å². The van der Waals surface area contributed by atoms with Gasteiger partial charge in [0, 0.05) is 13.1 Å². The van der Waals surface area contributed by atoms with Crippen LogP contribution in [0.25, 0.3) is 0 Å². The average Bonchev–Trinajstić information content (AvgIpc) is 2.37. The van der Waals surface area contributed by atoms with E-state index in [4.69, 9.17) is 27.8 Å². The smallest absolute Gasteiger partial charge is 0.407 e. The first-order valence-electron chi connectivity index (χ1n) is 6.85. The van der Waals surface area contributed by atoms with Crippen LogP contribution in [0.15, 0.2) is 6.07 Å². The number of carbonyl (C=O) groups excluding carboxylic acids is 1. The molecule has 22 heavy (non-hydrogen) atoms. The van der Waals surface area contributed by atoms with E-state index in [1.165, 1.54) is 6.07 Å². The van der Waals surface area contributed by atoms with Crippen molar-refractivity contribution in [3.8, 4) is 0 Å². The highest BCUT2D eigenvalue weighted by atomic mass is 35.5. The van der Waals surface area contributed by atoms with Crippen molar-refractivity contribution in [3.63, 3.8) is 0 Å². The van der Waals surface area contributed by atoms with E-state index in [1.54, 1.807) is 20.8 Å². The van der Waals surface area contributed by atoms with E-state index in [9.17, 15) is 9.18 Å². The predicted octanol–water partition coefficient (Wildman–Crippen LogP) is 2.97. The van der Waals surface area contributed by atoms with Gasteiger partial charge in [0.05, 0.1) is 17.1 Å². The van der Waals surface area contributed by atoms with Crippen molar-refractivity contribution in [1.29, 1.82) is 0 Å². The molecular weight excluding hydrogens is 311 g/mol. The zero-order chi connectivity index (χ0) is 16.9. The van der Waals surface area contributed by atoms with E-state index in [0.717, 1.165) is 0 Å². The van der Waals surface area contributed by atoms with Crippen molar-refractivity contribution in [2.75, 3.05) is 29.9 Å². The van der Waals surface area contributed by atoms with Crippen LogP contribution in [0.4, 0.5) is 26.2 Å². The van der Waals surface area contributed by atoms with E-state index >= 15 is 0 Å². The Morgan fingerprint density at radius 2 is 1.95 bits per heavy atom. The lowest BCUT2D eigenvalue weighted by Gasteiger charge is -2.19. The molecule has 0 aliphatic heterocycles. The van der Waals surface area contributed by atoms with Crippen LogP contribution >= 0.6 is 11.6 Å². The van der Waals surface area contributed by atoms with Crippen molar-refractivity contribution in [2.24, 2.45) is 0 Å². The Kier molecular flexibility index (Phi) is 6.11. The Bertz CT molecular complexity index is 547. The van der Waals surface area contributed by atoms with E-state index in [2.05, 4.69) is 10.6 Å². The average molecular weight is 333 g/mol. The van der Waals surface area contributed by atoms with Gasteiger partial charge in [0.1, 0.15) is 10.6 Å². The van der Waals surface area contributed by atoms with Gasteiger partial charge in [-0.05, 0) is 33.3 Å². The van der Waals surface area contributed by atoms with Gasteiger partial charge in [-0.15, -0.1) is 0 Å². The fraction of sp³-hybridized carbons (Fsp3) is 0.500. The lowest BCUT2D eigenvalue weighted by atomic mass is 10.2. The largest absolute Gasteiger partial charge is 0.444 e. The molecule has 0 unspecified atom stereocenters. The third kappa shape index (κ3) is 5.48. The van der Waals surface area contributed by atoms with Crippen LogP contribution in [0, 0.1) is 5.82 Å². The van der Waals surface area contributed by atoms with E-state index in [-0.39, 0.29) is 22.1 Å². The topological polar surface area (TPSA) is 102 Å². The number of hydrogen-bond donors (Lipinski definition) is 4. The number of nitrogen functional groups attached to an aromatic ring is 2. The summed E-state index contributed by atoms with van der Waals surface area (Å²) in [6.07, 6.45) is 0.0638. The maximum Gasteiger partial charge on any atom is 0.407 e. The van der Waals surface area contributed by atoms with Gasteiger partial charge in [-0.3, -0.25) is 0 Å². The lowest BCUT2D eigenvalue weighted by molar-refractivity contribution is 0.0528. The molecule has 1 aromatic carbocycles. The van der Waals surface area contributed by atoms with E-state index in [0.29, 0.717) is 19.5 Å². The van der Waals surface area contributed by atoms with Crippen LogP contribution in [-0.2, 0) is 4.74 Å². The summed E-state index contributed by atoms with van der Waals surface area (Å²) < 4.78 is 19.0. The number of benzene rings is 1. The summed E-state index contributed by atoms with van der Waals surface area (Å²) in [5.41, 5.74) is 11.0. The number of nitrogens with two attached hydrogens (primary N) is 2. The van der Waals surface area contributed by atoms with Gasteiger partial charge in [0.2, 0.25) is 0 Å². The molecule has 6 N–H and O–H groups in total. The van der Waals surface area contributed by atoms with Crippen LogP contribution in [0.3, 0.4) is 0 Å². The number of alkyl carbamates (subject to hydrolysis) is 1. The van der Waals surface area contributed by atoms with Crippen LogP contribution in [-0.4, -0.2) is 24.8 Å². The molecule has 0 fully saturated rings. The van der Waals surface area contributed by atoms with Crippen LogP contribution < -0.4 is 22.1 Å². The van der Waals surface area contributed by atoms with Crippen molar-refractivity contribution in [1.82, 2.24) is 5.32 Å². The van der Waals surface area contributed by atoms with Crippen molar-refractivity contribution in [3.05, 3.63) is 16.9 Å². The molecular formula is C14H22ClFN4O2. The first-order valence-corrected chi connectivity index (χ1v) is 7.23. The molecule has 124 valence electrons. The Balaban J connectivity index is 2.40. The zero-order valence-electron chi connectivity index (χ0n) is 12.9. The number of ether oxygens (including phenoxy) is 1. The quantitative estimate of drug-likeness (QED) is 0.490. The molecule has 6 nitrogen and oxygen atoms in total. The molecule has 0 aromatic heterocycles. The second-order valence-corrected chi connectivity index (χ2v) is 6.14. The Labute approximate surface area is 134 Å². The number of carbonyl (C=O) groups is 1. The van der Waals surface area contributed by atoms with Crippen molar-refractivity contribution >= 4 is 34.8 Å². The van der Waals surface area contributed by atoms with Gasteiger partial charge in [-0.2, -0.15) is 0 Å². The third-order valence-electron chi connectivity index (χ3n) is 2.59. The maximum atomic E-state index is 13.9. The molecule has 0 radical (unpaired) electrons. The molecule has 1 aromatic rings. The predicted molar refractivity (Wildman–Crippen MR) is 87.6 cm³/mol. The molecule has 1 rings (SSSR count). The SMILES string of the molecule is CC(C)(C)OC(=O)NCCCNc1c(N)cc(N)c(Cl)c1F. The van der Waals surface area contributed by atoms with E-state index < -0.39 is 17.5 Å². The molecule has 0 saturated heterocycles. The van der Waals surface area contributed by atoms with Crippen LogP contribution in [0.1, 0.15) is 27.2 Å². The van der Waals surface area contributed by atoms with Crippen molar-refractivity contribution < 1.29 is 13.9 Å². The van der Waals surface area contributed by atoms with Gasteiger partial charge >= 0.3 is 6.09 Å². The summed E-state index contributed by atoms with van der Waals surface area (Å²) in [4.78, 5) is 11.4. The lowest BCUT2D eigenvalue weighted by Crippen LogP contribution is -2.33. The molecule has 0 aliphatic rings. The standard InChI is InChI=1S/C14H22ClFN4O2/c1-14(2,3)22-13(21)20-6-4-5-19-12-9(18)7-8(17)10(15)11(12)16/h7,19H,4-6,17-18H2,1-3H3,(H,20,21). The first-order chi connectivity index (χ1) is 10.1. The van der Waals surface area contributed by atoms with Crippen LogP contribution in [0.5, 0.6) is 0 Å². The minimum Gasteiger partial charge on any atom is -0.444 e. The number of hydrogen-bond acceptors (Lipinski definition) is 5. The minimum atomic E-state index is -0.681. The normalized spacial score (nSPS) is 11.1. The summed E-state index contributed by atoms with van der Waals surface area (Å²) in [6, 6.07) is 1.40. The number of nitrogens with one attached hydrogen (secondary N) is 2. The Morgan fingerprint density at radius 3 is 2.55 bits per heavy atom. The Hall–Kier alpha value is -1.89. The van der Waals surface area contributed by atoms with Crippen molar-refractivity contribution in [2.45, 2.75) is 32.8 Å². The van der Waals surface area contributed by atoms with Gasteiger partial charge in [-0.1, -0.05) is 11.6 Å². The summed E-state index contributed by atoms with van der Waals surface area (Å²) >= 11 is 5.73. The molecule has 0 atom stereocenters.